The average molecular weight is 177 g/mol. The van der Waals surface area contributed by atoms with E-state index >= 15 is 0 Å². The first kappa shape index (κ1) is 7.62. The van der Waals surface area contributed by atoms with Crippen LogP contribution in [0.3, 0.4) is 0 Å². The van der Waals surface area contributed by atoms with Gasteiger partial charge in [0.05, 0.1) is 5.69 Å². The predicted octanol–water partition coefficient (Wildman–Crippen LogP) is 3.25. The van der Waals surface area contributed by atoms with Gasteiger partial charge in [-0.15, -0.1) is 11.3 Å². The largest absolute Gasteiger partial charge is 0.387 e. The van der Waals surface area contributed by atoms with Crippen molar-refractivity contribution < 1.29 is 0 Å². The van der Waals surface area contributed by atoms with Crippen LogP contribution in [0.2, 0.25) is 0 Å². The zero-order valence-electron chi connectivity index (χ0n) is 7.22. The summed E-state index contributed by atoms with van der Waals surface area (Å²) in [6.07, 6.45) is 0. The second-order valence-corrected chi connectivity index (χ2v) is 4.04. The van der Waals surface area contributed by atoms with E-state index in [0.29, 0.717) is 0 Å². The molecule has 0 spiro atoms. The van der Waals surface area contributed by atoms with Gasteiger partial charge in [-0.3, -0.25) is 0 Å². The lowest BCUT2D eigenvalue weighted by molar-refractivity contribution is 1.51. The number of thiophene rings is 1. The minimum absolute atomic E-state index is 1.27. The number of anilines is 1. The standard InChI is InChI=1S/C10H11NS/c1-7-10(11-2)8-5-3-4-6-9(8)12-7/h3-6,11H,1-2H3. The molecule has 0 aliphatic carbocycles. The fraction of sp³-hybridized carbons (Fsp3) is 0.200. The lowest BCUT2D eigenvalue weighted by Crippen LogP contribution is -1.86. The van der Waals surface area contributed by atoms with Crippen molar-refractivity contribution in [3.05, 3.63) is 29.1 Å². The predicted molar refractivity (Wildman–Crippen MR) is 56.1 cm³/mol. The van der Waals surface area contributed by atoms with Gasteiger partial charge < -0.3 is 5.32 Å². The number of rotatable bonds is 1. The summed E-state index contributed by atoms with van der Waals surface area (Å²) in [7, 11) is 1.97. The Morgan fingerprint density at radius 2 is 2.00 bits per heavy atom. The molecule has 1 aromatic heterocycles. The molecule has 1 N–H and O–H groups in total. The molecule has 0 aliphatic rings. The van der Waals surface area contributed by atoms with E-state index in [-0.39, 0.29) is 0 Å². The van der Waals surface area contributed by atoms with Crippen LogP contribution in [0.5, 0.6) is 0 Å². The van der Waals surface area contributed by atoms with E-state index in [4.69, 9.17) is 0 Å². The summed E-state index contributed by atoms with van der Waals surface area (Å²) >= 11 is 1.84. The highest BCUT2D eigenvalue weighted by atomic mass is 32.1. The molecule has 2 heteroatoms. The molecule has 0 amide bonds. The molecule has 0 saturated heterocycles. The first-order valence-corrected chi connectivity index (χ1v) is 4.80. The average Bonchev–Trinajstić information content (AvgIpc) is 2.40. The molecule has 62 valence electrons. The highest BCUT2D eigenvalue weighted by Gasteiger charge is 2.04. The molecule has 0 saturated carbocycles. The number of nitrogens with one attached hydrogen (secondary N) is 1. The normalized spacial score (nSPS) is 10.5. The van der Waals surface area contributed by atoms with Gasteiger partial charge in [0, 0.05) is 22.0 Å². The van der Waals surface area contributed by atoms with Gasteiger partial charge in [0.2, 0.25) is 0 Å². The van der Waals surface area contributed by atoms with Crippen molar-refractivity contribution in [2.24, 2.45) is 0 Å². The number of benzene rings is 1. The van der Waals surface area contributed by atoms with Crippen LogP contribution in [0, 0.1) is 6.92 Å². The van der Waals surface area contributed by atoms with Gasteiger partial charge in [0.1, 0.15) is 0 Å². The third kappa shape index (κ3) is 0.994. The van der Waals surface area contributed by atoms with Crippen molar-refractivity contribution in [2.45, 2.75) is 6.92 Å². The maximum absolute atomic E-state index is 3.23. The highest BCUT2D eigenvalue weighted by molar-refractivity contribution is 7.19. The fourth-order valence-electron chi connectivity index (χ4n) is 1.48. The first-order chi connectivity index (χ1) is 5.83. The Labute approximate surface area is 76.0 Å². The van der Waals surface area contributed by atoms with Crippen LogP contribution in [0.25, 0.3) is 10.1 Å². The van der Waals surface area contributed by atoms with Crippen LogP contribution in [-0.2, 0) is 0 Å². The molecule has 0 fully saturated rings. The van der Waals surface area contributed by atoms with Crippen molar-refractivity contribution in [3.63, 3.8) is 0 Å². The van der Waals surface area contributed by atoms with E-state index in [1.165, 1.54) is 20.7 Å². The second-order valence-electron chi connectivity index (χ2n) is 2.78. The van der Waals surface area contributed by atoms with Crippen molar-refractivity contribution in [1.29, 1.82) is 0 Å². The summed E-state index contributed by atoms with van der Waals surface area (Å²) < 4.78 is 1.36. The lowest BCUT2D eigenvalue weighted by atomic mass is 10.2. The van der Waals surface area contributed by atoms with Crippen LogP contribution in [0.1, 0.15) is 4.88 Å². The molecule has 0 aliphatic heterocycles. The van der Waals surface area contributed by atoms with Crippen LogP contribution in [0.15, 0.2) is 24.3 Å². The van der Waals surface area contributed by atoms with Crippen LogP contribution < -0.4 is 5.32 Å². The number of hydrogen-bond acceptors (Lipinski definition) is 2. The minimum Gasteiger partial charge on any atom is -0.387 e. The first-order valence-electron chi connectivity index (χ1n) is 3.99. The molecular weight excluding hydrogens is 166 g/mol. The number of aryl methyl sites for hydroxylation is 1. The smallest absolute Gasteiger partial charge is 0.0556 e. The molecule has 12 heavy (non-hydrogen) atoms. The maximum Gasteiger partial charge on any atom is 0.0556 e. The fourth-order valence-corrected chi connectivity index (χ4v) is 2.55. The van der Waals surface area contributed by atoms with Crippen molar-refractivity contribution >= 4 is 27.1 Å². The SMILES string of the molecule is CNc1c(C)sc2ccccc12. The molecule has 0 atom stereocenters. The Kier molecular flexibility index (Phi) is 1.77. The summed E-state index contributed by atoms with van der Waals surface area (Å²) in [6, 6.07) is 8.48. The van der Waals surface area contributed by atoms with Gasteiger partial charge >= 0.3 is 0 Å². The van der Waals surface area contributed by atoms with Crippen LogP contribution in [0.4, 0.5) is 5.69 Å². The van der Waals surface area contributed by atoms with Gasteiger partial charge in [-0.05, 0) is 13.0 Å². The van der Waals surface area contributed by atoms with E-state index in [1.54, 1.807) is 0 Å². The van der Waals surface area contributed by atoms with Crippen molar-refractivity contribution in [3.8, 4) is 0 Å². The Hall–Kier alpha value is -1.02. The molecule has 2 aromatic rings. The molecule has 1 heterocycles. The van der Waals surface area contributed by atoms with E-state index in [1.807, 2.05) is 18.4 Å². The maximum atomic E-state index is 3.23. The molecule has 1 aromatic carbocycles. The summed E-state index contributed by atoms with van der Waals surface area (Å²) in [5, 5.41) is 4.56. The Morgan fingerprint density at radius 3 is 2.75 bits per heavy atom. The minimum atomic E-state index is 1.27. The summed E-state index contributed by atoms with van der Waals surface area (Å²) in [6.45, 7) is 2.15. The van der Waals surface area contributed by atoms with E-state index < -0.39 is 0 Å². The van der Waals surface area contributed by atoms with Crippen LogP contribution >= 0.6 is 11.3 Å². The van der Waals surface area contributed by atoms with E-state index in [9.17, 15) is 0 Å². The van der Waals surface area contributed by atoms with Gasteiger partial charge in [-0.1, -0.05) is 18.2 Å². The van der Waals surface area contributed by atoms with Crippen molar-refractivity contribution in [2.75, 3.05) is 12.4 Å². The van der Waals surface area contributed by atoms with Crippen molar-refractivity contribution in [1.82, 2.24) is 0 Å². The zero-order chi connectivity index (χ0) is 8.55. The van der Waals surface area contributed by atoms with E-state index in [0.717, 1.165) is 0 Å². The van der Waals surface area contributed by atoms with Gasteiger partial charge in [0.25, 0.3) is 0 Å². The zero-order valence-corrected chi connectivity index (χ0v) is 8.03. The Bertz CT molecular complexity index is 403. The summed E-state index contributed by atoms with van der Waals surface area (Å²) in [5.74, 6) is 0. The monoisotopic (exact) mass is 177 g/mol. The molecule has 1 nitrogen and oxygen atoms in total. The lowest BCUT2D eigenvalue weighted by Gasteiger charge is -1.97. The molecular formula is C10H11NS. The Morgan fingerprint density at radius 1 is 1.25 bits per heavy atom. The molecule has 0 radical (unpaired) electrons. The van der Waals surface area contributed by atoms with Gasteiger partial charge in [-0.25, -0.2) is 0 Å². The molecule has 2 rings (SSSR count). The van der Waals surface area contributed by atoms with Crippen LogP contribution in [-0.4, -0.2) is 7.05 Å². The summed E-state index contributed by atoms with van der Waals surface area (Å²) in [4.78, 5) is 1.36. The third-order valence-corrected chi connectivity index (χ3v) is 3.11. The quantitative estimate of drug-likeness (QED) is 0.705. The molecule has 0 unspecified atom stereocenters. The van der Waals surface area contributed by atoms with E-state index in [2.05, 4.69) is 36.5 Å². The highest BCUT2D eigenvalue weighted by Crippen LogP contribution is 2.34. The number of fused-ring (bicyclic) bond motifs is 1. The summed E-state index contributed by atoms with van der Waals surface area (Å²) in [5.41, 5.74) is 1.27. The Balaban J connectivity index is 2.81. The second kappa shape index (κ2) is 2.79. The van der Waals surface area contributed by atoms with Gasteiger partial charge in [0.15, 0.2) is 0 Å². The third-order valence-electron chi connectivity index (χ3n) is 2.02. The molecule has 0 bridgehead atoms. The number of hydrogen-bond donors (Lipinski definition) is 1. The topological polar surface area (TPSA) is 12.0 Å². The van der Waals surface area contributed by atoms with Gasteiger partial charge in [-0.2, -0.15) is 0 Å².